The van der Waals surface area contributed by atoms with E-state index in [1.54, 1.807) is 0 Å². The van der Waals surface area contributed by atoms with E-state index in [1.165, 1.54) is 24.9 Å². The highest BCUT2D eigenvalue weighted by Crippen LogP contribution is 2.38. The molecule has 1 aliphatic heterocycles. The minimum Gasteiger partial charge on any atom is -0.487 e. The Bertz CT molecular complexity index is 651. The van der Waals surface area contributed by atoms with Gasteiger partial charge in [0.1, 0.15) is 6.29 Å². The third-order valence-corrected chi connectivity index (χ3v) is 3.92. The van der Waals surface area contributed by atoms with Gasteiger partial charge in [0.25, 0.3) is 0 Å². The summed E-state index contributed by atoms with van der Waals surface area (Å²) in [5.74, 6) is -0.781. The fourth-order valence-corrected chi connectivity index (χ4v) is 2.75. The van der Waals surface area contributed by atoms with Crippen molar-refractivity contribution in [2.75, 3.05) is 20.8 Å². The van der Waals surface area contributed by atoms with E-state index in [9.17, 15) is 14.4 Å². The molecule has 2 heterocycles. The van der Waals surface area contributed by atoms with E-state index in [4.69, 9.17) is 14.2 Å². The topological polar surface area (TPSA) is 83.8 Å². The van der Waals surface area contributed by atoms with Crippen LogP contribution in [0.25, 0.3) is 0 Å². The van der Waals surface area contributed by atoms with Gasteiger partial charge in [-0.1, -0.05) is 13.3 Å². The van der Waals surface area contributed by atoms with Gasteiger partial charge in [0.15, 0.2) is 11.4 Å². The monoisotopic (exact) mass is 323 g/mol. The van der Waals surface area contributed by atoms with Crippen molar-refractivity contribution in [2.24, 2.45) is 0 Å². The van der Waals surface area contributed by atoms with Crippen molar-refractivity contribution in [1.29, 1.82) is 0 Å². The zero-order chi connectivity index (χ0) is 17.0. The van der Waals surface area contributed by atoms with Gasteiger partial charge in [0.2, 0.25) is 5.43 Å². The van der Waals surface area contributed by atoms with Gasteiger partial charge in [-0.25, -0.2) is 4.79 Å². The lowest BCUT2D eigenvalue weighted by Gasteiger charge is -2.18. The largest absolute Gasteiger partial charge is 0.487 e. The zero-order valence-corrected chi connectivity index (χ0v) is 13.5. The number of fused-ring (bicyclic) bond motifs is 1. The first kappa shape index (κ1) is 17.2. The number of carbonyl (C=O) groups is 2. The maximum absolute atomic E-state index is 12.4. The van der Waals surface area contributed by atoms with Gasteiger partial charge >= 0.3 is 5.97 Å². The molecule has 2 rings (SSSR count). The lowest BCUT2D eigenvalue weighted by Crippen LogP contribution is -2.24. The minimum atomic E-state index is -0.709. The number of carbonyl (C=O) groups excluding carboxylic acids is 2. The van der Waals surface area contributed by atoms with Crippen LogP contribution in [-0.4, -0.2) is 37.6 Å². The first-order valence-electron chi connectivity index (χ1n) is 7.57. The molecule has 0 radical (unpaired) electrons. The highest BCUT2D eigenvalue weighted by Gasteiger charge is 2.36. The summed E-state index contributed by atoms with van der Waals surface area (Å²) in [6, 6.07) is 0.768. The molecule has 7 nitrogen and oxygen atoms in total. The number of pyridine rings is 1. The molecular weight excluding hydrogens is 302 g/mol. The lowest BCUT2D eigenvalue weighted by atomic mass is 10.2. The van der Waals surface area contributed by atoms with Crippen molar-refractivity contribution >= 4 is 12.3 Å². The van der Waals surface area contributed by atoms with Crippen molar-refractivity contribution in [3.8, 4) is 5.75 Å². The van der Waals surface area contributed by atoms with Crippen molar-refractivity contribution < 1.29 is 23.8 Å². The number of nitrogens with zero attached hydrogens (tertiary/aromatic N) is 1. The van der Waals surface area contributed by atoms with E-state index < -0.39 is 23.5 Å². The van der Waals surface area contributed by atoms with Crippen LogP contribution in [0, 0.1) is 0 Å². The Labute approximate surface area is 134 Å². The number of methoxy groups -OCH3 is 2. The number of rotatable bonds is 7. The molecule has 0 fully saturated rings. The molecule has 0 amide bonds. The number of hydrogen-bond acceptors (Lipinski definition) is 6. The predicted molar refractivity (Wildman–Crippen MR) is 81.9 cm³/mol. The summed E-state index contributed by atoms with van der Waals surface area (Å²) in [6.07, 6.45) is 2.31. The maximum Gasteiger partial charge on any atom is 0.358 e. The summed E-state index contributed by atoms with van der Waals surface area (Å²) in [5, 5.41) is 0. The van der Waals surface area contributed by atoms with Gasteiger partial charge < -0.3 is 23.6 Å². The second kappa shape index (κ2) is 7.41. The molecule has 0 aliphatic carbocycles. The van der Waals surface area contributed by atoms with E-state index in [2.05, 4.69) is 0 Å². The van der Waals surface area contributed by atoms with Crippen molar-refractivity contribution in [2.45, 2.75) is 38.3 Å². The minimum absolute atomic E-state index is 0.0252. The summed E-state index contributed by atoms with van der Waals surface area (Å²) in [7, 11) is 2.72. The third kappa shape index (κ3) is 3.14. The Hall–Kier alpha value is -2.15. The highest BCUT2D eigenvalue weighted by atomic mass is 16.5. The van der Waals surface area contributed by atoms with Crippen LogP contribution in [0.1, 0.15) is 54.5 Å². The molecule has 0 spiro atoms. The van der Waals surface area contributed by atoms with Gasteiger partial charge in [0.05, 0.1) is 31.6 Å². The molecule has 1 aliphatic rings. The number of aromatic nitrogens is 1. The molecule has 23 heavy (non-hydrogen) atoms. The molecule has 0 saturated heterocycles. The molecule has 0 bridgehead atoms. The normalized spacial score (nSPS) is 19.3. The molecule has 126 valence electrons. The standard InChI is InChI=1S/C16H21NO6/c1-4-5-6-23-15-12(19)8-11-13(21-2)7-10(9-18)17(11)14(15)16(20)22-3/h8-10,13H,4-7H2,1-3H3. The van der Waals surface area contributed by atoms with Crippen LogP contribution in [0.5, 0.6) is 5.75 Å². The van der Waals surface area contributed by atoms with E-state index in [0.29, 0.717) is 18.7 Å². The Kier molecular flexibility index (Phi) is 5.54. The van der Waals surface area contributed by atoms with Crippen molar-refractivity contribution in [3.63, 3.8) is 0 Å². The molecule has 2 unspecified atom stereocenters. The molecule has 2 atom stereocenters. The molecule has 0 aromatic carbocycles. The summed E-state index contributed by atoms with van der Waals surface area (Å²) in [6.45, 7) is 2.31. The van der Waals surface area contributed by atoms with E-state index >= 15 is 0 Å². The molecule has 1 aromatic heterocycles. The molecule has 1 aromatic rings. The summed E-state index contributed by atoms with van der Waals surface area (Å²) in [5.41, 5.74) is 0.0435. The fourth-order valence-electron chi connectivity index (χ4n) is 2.75. The first-order chi connectivity index (χ1) is 11.1. The third-order valence-electron chi connectivity index (χ3n) is 3.92. The van der Waals surface area contributed by atoms with Crippen LogP contribution in [0.2, 0.25) is 0 Å². The molecular formula is C16H21NO6. The van der Waals surface area contributed by atoms with Gasteiger partial charge in [0, 0.05) is 19.6 Å². The van der Waals surface area contributed by atoms with Crippen LogP contribution >= 0.6 is 0 Å². The quantitative estimate of drug-likeness (QED) is 0.431. The van der Waals surface area contributed by atoms with Crippen LogP contribution in [-0.2, 0) is 14.3 Å². The zero-order valence-electron chi connectivity index (χ0n) is 13.5. The average molecular weight is 323 g/mol. The van der Waals surface area contributed by atoms with E-state index in [1.807, 2.05) is 6.92 Å². The second-order valence-electron chi connectivity index (χ2n) is 5.34. The van der Waals surface area contributed by atoms with Gasteiger partial charge in [-0.05, 0) is 6.42 Å². The average Bonchev–Trinajstić information content (AvgIpc) is 2.91. The first-order valence-corrected chi connectivity index (χ1v) is 7.57. The molecule has 0 N–H and O–H groups in total. The summed E-state index contributed by atoms with van der Waals surface area (Å²) in [4.78, 5) is 36.0. The number of esters is 1. The maximum atomic E-state index is 12.4. The lowest BCUT2D eigenvalue weighted by molar-refractivity contribution is -0.110. The number of hydrogen-bond donors (Lipinski definition) is 0. The Morgan fingerprint density at radius 2 is 2.17 bits per heavy atom. The van der Waals surface area contributed by atoms with Gasteiger partial charge in [-0.3, -0.25) is 4.79 Å². The van der Waals surface area contributed by atoms with Crippen LogP contribution < -0.4 is 10.2 Å². The number of ether oxygens (including phenoxy) is 3. The van der Waals surface area contributed by atoms with Crippen LogP contribution in [0.4, 0.5) is 0 Å². The Balaban J connectivity index is 2.63. The van der Waals surface area contributed by atoms with Crippen molar-refractivity contribution in [1.82, 2.24) is 4.57 Å². The predicted octanol–water partition coefficient (Wildman–Crippen LogP) is 1.65. The van der Waals surface area contributed by atoms with E-state index in [0.717, 1.165) is 19.1 Å². The number of aldehydes is 1. The Morgan fingerprint density at radius 3 is 2.74 bits per heavy atom. The highest BCUT2D eigenvalue weighted by molar-refractivity contribution is 5.91. The molecule has 7 heteroatoms. The second-order valence-corrected chi connectivity index (χ2v) is 5.34. The summed E-state index contributed by atoms with van der Waals surface area (Å²) >= 11 is 0. The van der Waals surface area contributed by atoms with Crippen molar-refractivity contribution in [3.05, 3.63) is 27.7 Å². The number of unbranched alkanes of at least 4 members (excludes halogenated alkanes) is 1. The SMILES string of the molecule is CCCCOc1c(C(=O)OC)n2c(cc1=O)C(OC)CC2C=O. The van der Waals surface area contributed by atoms with Gasteiger partial charge in [-0.2, -0.15) is 0 Å². The smallest absolute Gasteiger partial charge is 0.358 e. The van der Waals surface area contributed by atoms with Crippen LogP contribution in [0.3, 0.4) is 0 Å². The Morgan fingerprint density at radius 1 is 1.43 bits per heavy atom. The van der Waals surface area contributed by atoms with Gasteiger partial charge in [-0.15, -0.1) is 0 Å². The summed E-state index contributed by atoms with van der Waals surface area (Å²) < 4.78 is 17.1. The van der Waals surface area contributed by atoms with Crippen LogP contribution in [0.15, 0.2) is 10.9 Å². The fraction of sp³-hybridized carbons (Fsp3) is 0.562. The molecule has 0 saturated carbocycles. The van der Waals surface area contributed by atoms with E-state index in [-0.39, 0.29) is 11.4 Å².